The number of carboxylic acid groups (broad SMARTS) is 2. The molecule has 1 aromatic rings. The number of carbonyl (C=O) groups excluding carboxylic acids is 2. The molecule has 0 radical (unpaired) electrons. The van der Waals surface area contributed by atoms with Gasteiger partial charge in [0.15, 0.2) is 7.60 Å². The third kappa shape index (κ3) is 9.96. The molecule has 1 aromatic carbocycles. The molecule has 0 heterocycles. The van der Waals surface area contributed by atoms with Gasteiger partial charge in [0.2, 0.25) is 0 Å². The van der Waals surface area contributed by atoms with Gasteiger partial charge < -0.3 is 44.0 Å². The molecule has 2 atom stereocenters. The Balaban J connectivity index is -0.00000133. The van der Waals surface area contributed by atoms with Crippen LogP contribution in [0.5, 0.6) is 5.75 Å². The van der Waals surface area contributed by atoms with Crippen molar-refractivity contribution < 1.29 is 133 Å². The van der Waals surface area contributed by atoms with Crippen molar-refractivity contribution in [1.82, 2.24) is 0 Å². The van der Waals surface area contributed by atoms with Gasteiger partial charge in [-0.15, -0.1) is 0 Å². The molecule has 0 fully saturated rings. The van der Waals surface area contributed by atoms with Crippen molar-refractivity contribution in [3.05, 3.63) is 29.3 Å². The molecule has 2 N–H and O–H groups in total. The average molecular weight is 372 g/mol. The van der Waals surface area contributed by atoms with Gasteiger partial charge in [0.1, 0.15) is 18.2 Å². The molecule has 110 valence electrons. The van der Waals surface area contributed by atoms with Crippen LogP contribution < -0.4 is 109 Å². The smallest absolute Gasteiger partial charge is 0.777 e. The molecule has 0 amide bonds. The van der Waals surface area contributed by atoms with Gasteiger partial charge in [0.05, 0.1) is 11.9 Å². The Morgan fingerprint density at radius 3 is 2.09 bits per heavy atom. The van der Waals surface area contributed by atoms with E-state index >= 15 is 0 Å². The number of aliphatic hydroxyl groups excluding tert-OH is 1. The van der Waals surface area contributed by atoms with E-state index in [1.165, 1.54) is 0 Å². The van der Waals surface area contributed by atoms with Crippen LogP contribution in [-0.4, -0.2) is 28.5 Å². The van der Waals surface area contributed by atoms with E-state index in [9.17, 15) is 34.4 Å². The fourth-order valence-corrected chi connectivity index (χ4v) is 1.83. The maximum atomic E-state index is 10.8. The van der Waals surface area contributed by atoms with Gasteiger partial charge in [0, 0.05) is 5.56 Å². The molecule has 0 aromatic heterocycles. The largest absolute Gasteiger partial charge is 1.00 e. The standard InChI is InChI=1S/C10H11O9P.3Na/c11-8(12)4-19-7-2-5(9(13)14)1-6(3-7)10(15)20(16,17)18;;;/h1-3,10,15H,4H2,(H,11,12)(H,13,14)(H2,16,17,18);;;/q;3*+1/p-3. The van der Waals surface area contributed by atoms with Gasteiger partial charge in [-0.1, -0.05) is 0 Å². The summed E-state index contributed by atoms with van der Waals surface area (Å²) in [5.74, 6) is -6.04. The minimum absolute atomic E-state index is 0. The molecule has 0 aliphatic rings. The molecule has 2 unspecified atom stereocenters. The Kier molecular flexibility index (Phi) is 15.6. The fourth-order valence-electron chi connectivity index (χ4n) is 1.30. The Bertz CT molecular complexity index is 589. The van der Waals surface area contributed by atoms with Crippen LogP contribution in [0.2, 0.25) is 0 Å². The summed E-state index contributed by atoms with van der Waals surface area (Å²) < 4.78 is 15.4. The van der Waals surface area contributed by atoms with Gasteiger partial charge in [-0.25, -0.2) is 0 Å². The third-order valence-electron chi connectivity index (χ3n) is 2.13. The van der Waals surface area contributed by atoms with E-state index in [0.29, 0.717) is 0 Å². The number of aromatic carboxylic acids is 1. The maximum Gasteiger partial charge on any atom is 1.00 e. The SMILES string of the molecule is O=C([O-])COc1cc(C(=O)[O-])cc(C(O)P(=O)([O-])O)c1.[Na+].[Na+].[Na+]. The fraction of sp³-hybridized carbons (Fsp3) is 0.200. The number of aliphatic hydroxyl groups is 1. The first-order valence-corrected chi connectivity index (χ1v) is 6.66. The molecule has 0 spiro atoms. The van der Waals surface area contributed by atoms with Crippen LogP contribution in [0.4, 0.5) is 0 Å². The predicted octanol–water partition coefficient (Wildman–Crippen LogP) is -12.3. The third-order valence-corrected chi connectivity index (χ3v) is 3.04. The van der Waals surface area contributed by atoms with Gasteiger partial charge in [-0.3, -0.25) is 0 Å². The summed E-state index contributed by atoms with van der Waals surface area (Å²) in [6, 6.07) is 2.47. The molecule has 0 bridgehead atoms. The molecule has 9 nitrogen and oxygen atoms in total. The van der Waals surface area contributed by atoms with Crippen molar-refractivity contribution >= 4 is 19.5 Å². The predicted molar refractivity (Wildman–Crippen MR) is 56.1 cm³/mol. The van der Waals surface area contributed by atoms with Crippen molar-refractivity contribution in [3.8, 4) is 5.75 Å². The Morgan fingerprint density at radius 1 is 1.17 bits per heavy atom. The number of rotatable bonds is 6. The molecule has 0 aliphatic carbocycles. The zero-order valence-electron chi connectivity index (χ0n) is 12.7. The van der Waals surface area contributed by atoms with Crippen LogP contribution in [-0.2, 0) is 9.36 Å². The minimum Gasteiger partial charge on any atom is -0.777 e. The van der Waals surface area contributed by atoms with E-state index < -0.39 is 43.1 Å². The molecular weight excluding hydrogens is 364 g/mol. The van der Waals surface area contributed by atoms with Crippen LogP contribution >= 0.6 is 7.60 Å². The number of carboxylic acids is 2. The number of benzene rings is 1. The van der Waals surface area contributed by atoms with Crippen LogP contribution in [0.25, 0.3) is 0 Å². The second-order valence-corrected chi connectivity index (χ2v) is 5.29. The minimum atomic E-state index is -5.18. The van der Waals surface area contributed by atoms with E-state index in [4.69, 9.17) is 4.89 Å². The molecule has 13 heteroatoms. The normalized spacial score (nSPS) is 13.2. The molecule has 0 aliphatic heterocycles. The summed E-state index contributed by atoms with van der Waals surface area (Å²) in [5.41, 5.74) is -1.08. The zero-order chi connectivity index (χ0) is 15.5. The molecule has 0 saturated carbocycles. The van der Waals surface area contributed by atoms with Gasteiger partial charge in [-0.05, 0) is 23.8 Å². The van der Waals surface area contributed by atoms with Crippen LogP contribution in [0.3, 0.4) is 0 Å². The van der Waals surface area contributed by atoms with E-state index in [1.807, 2.05) is 0 Å². The second kappa shape index (κ2) is 12.4. The van der Waals surface area contributed by atoms with Gasteiger partial charge in [0.25, 0.3) is 0 Å². The van der Waals surface area contributed by atoms with Gasteiger partial charge >= 0.3 is 88.7 Å². The Hall–Kier alpha value is 1.07. The molecule has 23 heavy (non-hydrogen) atoms. The first-order valence-electron chi connectivity index (χ1n) is 5.02. The van der Waals surface area contributed by atoms with E-state index in [1.54, 1.807) is 0 Å². The average Bonchev–Trinajstić information content (AvgIpc) is 2.33. The number of carbonyl (C=O) groups is 2. The molecule has 1 rings (SSSR count). The number of hydrogen-bond donors (Lipinski definition) is 2. The topological polar surface area (TPSA) is 170 Å². The monoisotopic (exact) mass is 372 g/mol. The van der Waals surface area contributed by atoms with Crippen molar-refractivity contribution in [2.45, 2.75) is 5.85 Å². The van der Waals surface area contributed by atoms with Crippen molar-refractivity contribution in [2.24, 2.45) is 0 Å². The summed E-state index contributed by atoms with van der Waals surface area (Å²) in [6.07, 6.45) is 0. The number of hydrogen-bond acceptors (Lipinski definition) is 8. The maximum absolute atomic E-state index is 10.8. The molecular formula is C10H8Na3O9P. The van der Waals surface area contributed by atoms with Crippen molar-refractivity contribution in [3.63, 3.8) is 0 Å². The van der Waals surface area contributed by atoms with E-state index in [-0.39, 0.29) is 94.4 Å². The van der Waals surface area contributed by atoms with Gasteiger partial charge in [-0.2, -0.15) is 0 Å². The Morgan fingerprint density at radius 2 is 1.70 bits per heavy atom. The summed E-state index contributed by atoms with van der Waals surface area (Å²) >= 11 is 0. The Labute approximate surface area is 197 Å². The summed E-state index contributed by atoms with van der Waals surface area (Å²) in [5, 5.41) is 30.3. The summed E-state index contributed by atoms with van der Waals surface area (Å²) in [6.45, 7) is -0.916. The first kappa shape index (κ1) is 28.9. The van der Waals surface area contributed by atoms with Crippen molar-refractivity contribution in [1.29, 1.82) is 0 Å². The number of aliphatic carboxylic acids is 1. The zero-order valence-corrected chi connectivity index (χ0v) is 19.6. The van der Waals surface area contributed by atoms with Crippen LogP contribution in [0.1, 0.15) is 21.8 Å². The number of ether oxygens (including phenoxy) is 1. The quantitative estimate of drug-likeness (QED) is 0.363. The van der Waals surface area contributed by atoms with E-state index in [2.05, 4.69) is 4.74 Å². The second-order valence-electron chi connectivity index (χ2n) is 3.68. The van der Waals surface area contributed by atoms with E-state index in [0.717, 1.165) is 18.2 Å². The first-order chi connectivity index (χ1) is 9.11. The van der Waals surface area contributed by atoms with Crippen molar-refractivity contribution in [2.75, 3.05) is 6.61 Å². The van der Waals surface area contributed by atoms with Crippen LogP contribution in [0.15, 0.2) is 18.2 Å². The van der Waals surface area contributed by atoms with Crippen LogP contribution in [0, 0.1) is 0 Å². The molecule has 0 saturated heterocycles. The summed E-state index contributed by atoms with van der Waals surface area (Å²) in [4.78, 5) is 40.5. The summed E-state index contributed by atoms with van der Waals surface area (Å²) in [7, 11) is -5.18.